The number of hydrogen-bond acceptors (Lipinski definition) is 5. The van der Waals surface area contributed by atoms with Crippen molar-refractivity contribution in [1.29, 1.82) is 0 Å². The van der Waals surface area contributed by atoms with Crippen molar-refractivity contribution in [3.63, 3.8) is 0 Å². The van der Waals surface area contributed by atoms with E-state index in [4.69, 9.17) is 4.74 Å². The summed E-state index contributed by atoms with van der Waals surface area (Å²) >= 11 is 0. The van der Waals surface area contributed by atoms with Crippen LogP contribution in [-0.2, 0) is 10.0 Å². The average molecular weight is 404 g/mol. The molecule has 0 saturated carbocycles. The van der Waals surface area contributed by atoms with Crippen LogP contribution in [0.3, 0.4) is 0 Å². The highest BCUT2D eigenvalue weighted by Gasteiger charge is 2.29. The Kier molecular flexibility index (Phi) is 5.90. The van der Waals surface area contributed by atoms with Crippen molar-refractivity contribution in [2.24, 2.45) is 0 Å². The molecule has 28 heavy (non-hydrogen) atoms. The molecule has 8 heteroatoms. The molecule has 1 aliphatic rings. The van der Waals surface area contributed by atoms with Gasteiger partial charge in [0.05, 0.1) is 12.7 Å². The van der Waals surface area contributed by atoms with Gasteiger partial charge >= 0.3 is 0 Å². The zero-order valence-corrected chi connectivity index (χ0v) is 16.8. The number of nitrogens with one attached hydrogen (secondary N) is 1. The minimum atomic E-state index is -3.73. The molecule has 0 spiro atoms. The van der Waals surface area contributed by atoms with Gasteiger partial charge in [-0.05, 0) is 55.7 Å². The predicted octanol–water partition coefficient (Wildman–Crippen LogP) is 3.14. The summed E-state index contributed by atoms with van der Waals surface area (Å²) in [5, 5.41) is 12.6. The Morgan fingerprint density at radius 3 is 2.46 bits per heavy atom. The Morgan fingerprint density at radius 2 is 1.82 bits per heavy atom. The third-order valence-corrected chi connectivity index (χ3v) is 6.67. The zero-order chi connectivity index (χ0) is 20.3. The molecule has 3 rings (SSSR count). The molecule has 0 atom stereocenters. The number of piperidine rings is 1. The molecule has 1 aliphatic heterocycles. The maximum absolute atomic E-state index is 13.1. The highest BCUT2D eigenvalue weighted by molar-refractivity contribution is 7.89. The van der Waals surface area contributed by atoms with Gasteiger partial charge in [0.15, 0.2) is 0 Å². The topological polar surface area (TPSA) is 95.9 Å². The Bertz CT molecular complexity index is 982. The number of amides is 1. The molecule has 0 unspecified atom stereocenters. The van der Waals surface area contributed by atoms with Gasteiger partial charge in [-0.1, -0.05) is 12.5 Å². The number of benzene rings is 2. The van der Waals surface area contributed by atoms with Crippen LogP contribution in [0.25, 0.3) is 0 Å². The van der Waals surface area contributed by atoms with Crippen molar-refractivity contribution < 1.29 is 23.1 Å². The predicted molar refractivity (Wildman–Crippen MR) is 106 cm³/mol. The number of rotatable bonds is 5. The number of carbonyl (C=O) groups is 1. The number of phenolic OH excluding ortho intramolecular Hbond substituents is 1. The second-order valence-corrected chi connectivity index (χ2v) is 8.71. The summed E-state index contributed by atoms with van der Waals surface area (Å²) in [4.78, 5) is 12.5. The molecule has 1 heterocycles. The van der Waals surface area contributed by atoms with E-state index < -0.39 is 15.9 Å². The summed E-state index contributed by atoms with van der Waals surface area (Å²) in [5.41, 5.74) is 1.25. The number of ether oxygens (including phenoxy) is 1. The summed E-state index contributed by atoms with van der Waals surface area (Å²) in [6, 6.07) is 9.21. The molecule has 1 fully saturated rings. The molecule has 0 bridgehead atoms. The monoisotopic (exact) mass is 404 g/mol. The fraction of sp³-hybridized carbons (Fsp3) is 0.350. The number of hydrogen-bond donors (Lipinski definition) is 2. The minimum Gasteiger partial charge on any atom is -0.507 e. The minimum absolute atomic E-state index is 0.0165. The lowest BCUT2D eigenvalue weighted by Crippen LogP contribution is -2.35. The largest absolute Gasteiger partial charge is 0.507 e. The smallest absolute Gasteiger partial charge is 0.259 e. The SMILES string of the molecule is COc1ccc(NC(=O)c2ccc(C)cc2O)cc1S(=O)(=O)N1CCCCC1. The van der Waals surface area contributed by atoms with Gasteiger partial charge in [0.2, 0.25) is 10.0 Å². The van der Waals surface area contributed by atoms with Crippen LogP contribution in [0.1, 0.15) is 35.2 Å². The van der Waals surface area contributed by atoms with Crippen LogP contribution in [0, 0.1) is 6.92 Å². The normalized spacial score (nSPS) is 15.2. The zero-order valence-electron chi connectivity index (χ0n) is 15.9. The second-order valence-electron chi connectivity index (χ2n) is 6.81. The summed E-state index contributed by atoms with van der Waals surface area (Å²) < 4.78 is 32.8. The highest BCUT2D eigenvalue weighted by atomic mass is 32.2. The van der Waals surface area contributed by atoms with Crippen LogP contribution in [0.5, 0.6) is 11.5 Å². The lowest BCUT2D eigenvalue weighted by Gasteiger charge is -2.26. The van der Waals surface area contributed by atoms with Gasteiger partial charge in [-0.2, -0.15) is 4.31 Å². The molecule has 2 N–H and O–H groups in total. The van der Waals surface area contributed by atoms with E-state index in [1.165, 1.54) is 35.7 Å². The van der Waals surface area contributed by atoms with Crippen molar-refractivity contribution >= 4 is 21.6 Å². The molecule has 2 aromatic carbocycles. The molecular formula is C20H24N2O5S. The van der Waals surface area contributed by atoms with Crippen LogP contribution in [0.4, 0.5) is 5.69 Å². The van der Waals surface area contributed by atoms with E-state index in [2.05, 4.69) is 5.32 Å². The molecule has 0 aliphatic carbocycles. The van der Waals surface area contributed by atoms with E-state index in [9.17, 15) is 18.3 Å². The standard InChI is InChI=1S/C20H24N2O5S/c1-14-6-8-16(17(23)12-14)20(24)21-15-7-9-18(27-2)19(13-15)28(25,26)22-10-4-3-5-11-22/h6-9,12-13,23H,3-5,10-11H2,1-2H3,(H,21,24). The van der Waals surface area contributed by atoms with Gasteiger partial charge in [0.25, 0.3) is 5.91 Å². The first kappa shape index (κ1) is 20.2. The van der Waals surface area contributed by atoms with Crippen molar-refractivity contribution in [2.45, 2.75) is 31.1 Å². The summed E-state index contributed by atoms with van der Waals surface area (Å²) in [6.45, 7) is 2.75. The number of sulfonamides is 1. The fourth-order valence-electron chi connectivity index (χ4n) is 3.23. The molecule has 7 nitrogen and oxygen atoms in total. The maximum Gasteiger partial charge on any atom is 0.259 e. The van der Waals surface area contributed by atoms with Gasteiger partial charge in [0, 0.05) is 18.8 Å². The van der Waals surface area contributed by atoms with E-state index >= 15 is 0 Å². The summed E-state index contributed by atoms with van der Waals surface area (Å²) in [6.07, 6.45) is 2.66. The van der Waals surface area contributed by atoms with Crippen molar-refractivity contribution in [3.8, 4) is 11.5 Å². The van der Waals surface area contributed by atoms with Crippen molar-refractivity contribution in [1.82, 2.24) is 4.31 Å². The Hall–Kier alpha value is -2.58. The number of aromatic hydroxyl groups is 1. The number of anilines is 1. The number of carbonyl (C=O) groups excluding carboxylic acids is 1. The highest BCUT2D eigenvalue weighted by Crippen LogP contribution is 2.31. The molecule has 0 radical (unpaired) electrons. The van der Waals surface area contributed by atoms with Gasteiger partial charge in [-0.15, -0.1) is 0 Å². The first-order valence-corrected chi connectivity index (χ1v) is 10.6. The van der Waals surface area contributed by atoms with E-state index in [-0.39, 0.29) is 22.0 Å². The Morgan fingerprint density at radius 1 is 1.11 bits per heavy atom. The number of aryl methyl sites for hydroxylation is 1. The first-order chi connectivity index (χ1) is 13.3. The lowest BCUT2D eigenvalue weighted by molar-refractivity contribution is 0.102. The first-order valence-electron chi connectivity index (χ1n) is 9.12. The number of nitrogens with zero attached hydrogens (tertiary/aromatic N) is 1. The van der Waals surface area contributed by atoms with Gasteiger partial charge in [0.1, 0.15) is 16.4 Å². The molecule has 0 aromatic heterocycles. The molecular weight excluding hydrogens is 380 g/mol. The van der Waals surface area contributed by atoms with Crippen LogP contribution in [0.15, 0.2) is 41.3 Å². The van der Waals surface area contributed by atoms with E-state index in [1.54, 1.807) is 12.1 Å². The van der Waals surface area contributed by atoms with Gasteiger partial charge in [-0.25, -0.2) is 8.42 Å². The van der Waals surface area contributed by atoms with Gasteiger partial charge in [-0.3, -0.25) is 4.79 Å². The van der Waals surface area contributed by atoms with E-state index in [1.807, 2.05) is 6.92 Å². The molecule has 150 valence electrons. The van der Waals surface area contributed by atoms with E-state index in [0.29, 0.717) is 18.8 Å². The molecule has 2 aromatic rings. The van der Waals surface area contributed by atoms with Crippen molar-refractivity contribution in [3.05, 3.63) is 47.5 Å². The Labute approximate surface area is 165 Å². The van der Waals surface area contributed by atoms with Crippen LogP contribution in [0.2, 0.25) is 0 Å². The summed E-state index contributed by atoms with van der Waals surface area (Å²) in [5.74, 6) is -0.432. The molecule has 1 saturated heterocycles. The van der Waals surface area contributed by atoms with Crippen molar-refractivity contribution in [2.75, 3.05) is 25.5 Å². The van der Waals surface area contributed by atoms with Crippen LogP contribution >= 0.6 is 0 Å². The lowest BCUT2D eigenvalue weighted by atomic mass is 10.1. The second kappa shape index (κ2) is 8.20. The third-order valence-electron chi connectivity index (χ3n) is 4.75. The molecule has 1 amide bonds. The number of methoxy groups -OCH3 is 1. The third kappa shape index (κ3) is 4.13. The number of phenols is 1. The summed E-state index contributed by atoms with van der Waals surface area (Å²) in [7, 11) is -2.32. The van der Waals surface area contributed by atoms with E-state index in [0.717, 1.165) is 24.8 Å². The maximum atomic E-state index is 13.1. The van der Waals surface area contributed by atoms with Crippen LogP contribution in [-0.4, -0.2) is 43.9 Å². The quantitative estimate of drug-likeness (QED) is 0.798. The fourth-order valence-corrected chi connectivity index (χ4v) is 4.93. The average Bonchev–Trinajstić information content (AvgIpc) is 2.68. The van der Waals surface area contributed by atoms with Crippen LogP contribution < -0.4 is 10.1 Å². The van der Waals surface area contributed by atoms with Gasteiger partial charge < -0.3 is 15.2 Å². The Balaban J connectivity index is 1.91.